The van der Waals surface area contributed by atoms with Crippen molar-refractivity contribution in [3.63, 3.8) is 0 Å². The number of hydrogen-bond donors (Lipinski definition) is 11. The van der Waals surface area contributed by atoms with E-state index >= 15 is 14.7 Å². The maximum atomic E-state index is 16.8. The molecule has 480 valence electrons. The van der Waals surface area contributed by atoms with E-state index in [1.54, 1.807) is 42.0 Å². The second-order valence-corrected chi connectivity index (χ2v) is 31.9. The summed E-state index contributed by atoms with van der Waals surface area (Å²) in [6.07, 6.45) is 12.3. The number of ketones is 2. The first-order chi connectivity index (χ1) is 42.2. The van der Waals surface area contributed by atoms with Crippen LogP contribution in [0.1, 0.15) is 166 Å². The van der Waals surface area contributed by atoms with E-state index in [0.717, 1.165) is 68.9 Å². The summed E-state index contributed by atoms with van der Waals surface area (Å²) < 4.78 is 6.35. The number of ether oxygens (including phenoxy) is 1. The Bertz CT molecular complexity index is 3060. The number of aliphatic imine (C=N–C) groups is 1. The molecule has 23 unspecified atom stereocenters. The van der Waals surface area contributed by atoms with Gasteiger partial charge >= 0.3 is 5.97 Å². The number of rotatable bonds is 9. The molecule has 5 saturated carbocycles. The first-order valence-electron chi connectivity index (χ1n) is 33.4. The van der Waals surface area contributed by atoms with Crippen molar-refractivity contribution in [3.05, 3.63) is 76.8 Å². The molecule has 1 aromatic carbocycles. The van der Waals surface area contributed by atoms with Gasteiger partial charge in [0.2, 0.25) is 0 Å². The lowest BCUT2D eigenvalue weighted by molar-refractivity contribution is -0.203. The van der Waals surface area contributed by atoms with Crippen LogP contribution in [0.15, 0.2) is 70.6 Å². The number of fused-ring (bicyclic) bond motifs is 10. The van der Waals surface area contributed by atoms with Crippen molar-refractivity contribution >= 4 is 45.1 Å². The van der Waals surface area contributed by atoms with Gasteiger partial charge in [-0.15, -0.1) is 5.92 Å². The largest absolute Gasteiger partial charge is 0.508 e. The third kappa shape index (κ3) is 10.9. The van der Waals surface area contributed by atoms with Gasteiger partial charge in [0.25, 0.3) is 0 Å². The number of phenolic OH excluding ortho intramolecular Hbond substituents is 1. The van der Waals surface area contributed by atoms with Gasteiger partial charge in [0, 0.05) is 84.2 Å². The number of aliphatic hydroxyl groups excluding tert-OH is 4. The number of guanidine groups is 1. The van der Waals surface area contributed by atoms with E-state index in [-0.39, 0.29) is 128 Å². The van der Waals surface area contributed by atoms with Crippen LogP contribution in [-0.4, -0.2) is 131 Å². The predicted octanol–water partition coefficient (Wildman–Crippen LogP) is 8.19. The highest BCUT2D eigenvalue weighted by Gasteiger charge is 2.76. The van der Waals surface area contributed by atoms with Crippen molar-refractivity contribution < 1.29 is 54.9 Å². The molecule has 2 aliphatic heterocycles. The van der Waals surface area contributed by atoms with Crippen molar-refractivity contribution in [2.24, 2.45) is 104 Å². The zero-order valence-electron chi connectivity index (χ0n) is 51.9. The molecule has 1 aromatic heterocycles. The van der Waals surface area contributed by atoms with Gasteiger partial charge < -0.3 is 62.3 Å². The number of H-pyrrole nitrogens is 1. The van der Waals surface area contributed by atoms with E-state index in [4.69, 9.17) is 16.2 Å². The van der Waals surface area contributed by atoms with Gasteiger partial charge in [0.15, 0.2) is 17.5 Å². The number of nitrogens with two attached hydrogens (primary N) is 2. The van der Waals surface area contributed by atoms with E-state index in [9.17, 15) is 35.4 Å². The van der Waals surface area contributed by atoms with Crippen LogP contribution in [0.25, 0.3) is 0 Å². The number of aromatic amines is 1. The summed E-state index contributed by atoms with van der Waals surface area (Å²) in [4.78, 5) is 54.0. The Morgan fingerprint density at radius 3 is 2.40 bits per heavy atom. The van der Waals surface area contributed by atoms with Crippen LogP contribution >= 0.6 is 21.6 Å². The minimum atomic E-state index is -1.97. The van der Waals surface area contributed by atoms with Crippen LogP contribution in [-0.2, 0) is 19.1 Å². The molecule has 3 heterocycles. The number of hydrogen-bond acceptors (Lipinski definition) is 15. The number of carbonyl (C=O) groups is 3. The summed E-state index contributed by atoms with van der Waals surface area (Å²) in [5.41, 5.74) is 9.82. The fourth-order valence-electron chi connectivity index (χ4n) is 21.2. The van der Waals surface area contributed by atoms with Crippen LogP contribution in [0, 0.1) is 99.6 Å². The molecule has 16 nitrogen and oxygen atoms in total. The molecule has 88 heavy (non-hydrogen) atoms. The molecule has 7 fully saturated rings. The Kier molecular flexibility index (Phi) is 18.3. The predicted molar refractivity (Wildman–Crippen MR) is 341 cm³/mol. The SMILES string of the molecule is CCC1OC(=O)C(c2cc[nH]c2)C1C1C#CCC2CC3(O)C4=C5NC(CO)C(=O)CC(c6ccc(O)cc6)CSSCC6C(O)C(O)CC(C7CCCC7)(C4CCC3(CCN=C(N)N)C2C(C)(O)C(O)CC(C)C2CC=C3CCC(C)CC3C2C1)C6C5=O. The highest BCUT2D eigenvalue weighted by molar-refractivity contribution is 8.76. The second-order valence-electron chi connectivity index (χ2n) is 29.4. The fraction of sp³-hybridized carbons (Fsp3) is 0.714. The lowest BCUT2D eigenvalue weighted by Gasteiger charge is -2.66. The molecule has 8 aliphatic carbocycles. The molecule has 12 rings (SSSR count). The van der Waals surface area contributed by atoms with Crippen molar-refractivity contribution in [1.82, 2.24) is 10.3 Å². The first-order valence-corrected chi connectivity index (χ1v) is 35.9. The van der Waals surface area contributed by atoms with E-state index < -0.39 is 88.5 Å². The molecule has 2 saturated heterocycles. The molecule has 18 heteroatoms. The topological polar surface area (TPSA) is 294 Å². The Labute approximate surface area is 527 Å². The van der Waals surface area contributed by atoms with E-state index in [2.05, 4.69) is 54.0 Å². The van der Waals surface area contributed by atoms with Gasteiger partial charge in [0.05, 0.1) is 47.7 Å². The number of allylic oxidation sites excluding steroid dienone is 3. The summed E-state index contributed by atoms with van der Waals surface area (Å²) in [6, 6.07) is 7.42. The number of esters is 1. The van der Waals surface area contributed by atoms with Gasteiger partial charge in [-0.3, -0.25) is 19.4 Å². The average Bonchev–Trinajstić information content (AvgIpc) is 1.37. The number of Topliss-reactive ketones (excluding diaryl/α,β-unsaturated/α-hetero) is 2. The molecule has 2 bridgehead atoms. The van der Waals surface area contributed by atoms with Crippen LogP contribution < -0.4 is 16.8 Å². The number of aliphatic hydroxyl groups is 6. The minimum absolute atomic E-state index is 0.00179. The van der Waals surface area contributed by atoms with Gasteiger partial charge in [-0.25, -0.2) is 0 Å². The third-order valence-corrected chi connectivity index (χ3v) is 27.6. The summed E-state index contributed by atoms with van der Waals surface area (Å²) in [5.74, 6) is 3.33. The zero-order valence-corrected chi connectivity index (χ0v) is 53.5. The quantitative estimate of drug-likeness (QED) is 0.0282. The van der Waals surface area contributed by atoms with Crippen molar-refractivity contribution in [2.75, 3.05) is 24.7 Å². The maximum absolute atomic E-state index is 16.8. The van der Waals surface area contributed by atoms with Crippen LogP contribution in [0.2, 0.25) is 0 Å². The average molecular weight is 1250 g/mol. The number of phenols is 1. The first kappa shape index (κ1) is 63.8. The lowest BCUT2D eigenvalue weighted by Crippen LogP contribution is -2.69. The maximum Gasteiger partial charge on any atom is 0.314 e. The molecule has 0 amide bonds. The van der Waals surface area contributed by atoms with Crippen molar-refractivity contribution in [3.8, 4) is 17.6 Å². The number of aromatic hydroxyl groups is 1. The number of aromatic nitrogens is 1. The number of nitrogens with zero attached hydrogens (tertiary/aromatic N) is 1. The summed E-state index contributed by atoms with van der Waals surface area (Å²) in [6.45, 7) is 7.73. The highest BCUT2D eigenvalue weighted by atomic mass is 33.1. The zero-order chi connectivity index (χ0) is 62.2. The standard InChI is InChI=1S/C70H97N5O11S2/c1-5-55-57(58(65(83)86-55)43-22-25-73-33-43)41-9-8-10-42-31-70(85)60-51(21-23-68(70,24-26-74-66(71)72)64(42)67(4,84)56(80)28-38(3)47-20-17-40-14-13-37(2)27-48(40)49(47)29-41)69(45-11-6-7-12-45)32-54(79)62(81)50-36-88-87-35-44(39-15-18-46(77)19-16-39)30-53(78)52(34-76)75-61(60)63(82)59(50)69/h15-19,22,25,33,37-38,41-42,44-45,47-52,54-59,62,64,73,75-77,79-81,84-85H,5-7,10-14,20-21,23-24,26-32,34-36H2,1-4H3,(H4,71,72,74). The molecular weight excluding hydrogens is 1150 g/mol. The second kappa shape index (κ2) is 25.3. The summed E-state index contributed by atoms with van der Waals surface area (Å²) >= 11 is 0. The van der Waals surface area contributed by atoms with Crippen molar-refractivity contribution in [1.29, 1.82) is 0 Å². The van der Waals surface area contributed by atoms with E-state index in [0.29, 0.717) is 48.2 Å². The normalized spacial score (nSPS) is 44.0. The van der Waals surface area contributed by atoms with Gasteiger partial charge in [-0.2, -0.15) is 0 Å². The molecule has 2 aromatic rings. The molecule has 23 atom stereocenters. The van der Waals surface area contributed by atoms with Crippen molar-refractivity contribution in [2.45, 2.75) is 197 Å². The Hall–Kier alpha value is -4.32. The molecular formula is C70H97N5O11S2. The van der Waals surface area contributed by atoms with Gasteiger partial charge in [0.1, 0.15) is 17.9 Å². The third-order valence-electron chi connectivity index (χ3n) is 25.0. The Morgan fingerprint density at radius 2 is 1.68 bits per heavy atom. The van der Waals surface area contributed by atoms with Gasteiger partial charge in [-0.05, 0) is 184 Å². The number of cyclic esters (lactones) is 1. The van der Waals surface area contributed by atoms with E-state index in [1.807, 2.05) is 18.5 Å². The number of benzene rings is 1. The molecule has 10 aliphatic rings. The fourth-order valence-corrected chi connectivity index (χ4v) is 24.0. The minimum Gasteiger partial charge on any atom is -0.508 e. The van der Waals surface area contributed by atoms with Gasteiger partial charge in [-0.1, -0.05) is 84.9 Å². The lowest BCUT2D eigenvalue weighted by atomic mass is 9.40. The Morgan fingerprint density at radius 1 is 0.920 bits per heavy atom. The molecule has 0 spiro atoms. The molecule has 13 N–H and O–H groups in total. The Balaban J connectivity index is 1.05. The smallest absolute Gasteiger partial charge is 0.314 e. The highest BCUT2D eigenvalue weighted by Crippen LogP contribution is 2.75. The van der Waals surface area contributed by atoms with E-state index in [1.165, 1.54) is 16.4 Å². The molecule has 0 radical (unpaired) electrons. The summed E-state index contributed by atoms with van der Waals surface area (Å²) in [5, 5.41) is 92.6. The summed E-state index contributed by atoms with van der Waals surface area (Å²) in [7, 11) is 3.06. The van der Waals surface area contributed by atoms with Crippen LogP contribution in [0.4, 0.5) is 0 Å². The monoisotopic (exact) mass is 1250 g/mol. The number of carbonyl (C=O) groups excluding carboxylic acids is 3. The van der Waals surface area contributed by atoms with Crippen LogP contribution in [0.3, 0.4) is 0 Å². The number of nitrogens with one attached hydrogen (secondary N) is 2. The van der Waals surface area contributed by atoms with Crippen LogP contribution in [0.5, 0.6) is 5.75 Å².